The predicted octanol–water partition coefficient (Wildman–Crippen LogP) is 4.88. The summed E-state index contributed by atoms with van der Waals surface area (Å²) in [6.45, 7) is 6.04. The number of nitrogens with one attached hydrogen (secondary N) is 2. The van der Waals surface area contributed by atoms with Crippen molar-refractivity contribution in [1.29, 1.82) is 0 Å². The molecule has 0 fully saturated rings. The SMILES string of the molecule is CCC1(c2c[nH]c3c(NS(=O)(=O)CC)cccc23)CCc2cc(C)ccc21. The van der Waals surface area contributed by atoms with Gasteiger partial charge >= 0.3 is 0 Å². The molecule has 1 aromatic heterocycles. The van der Waals surface area contributed by atoms with E-state index in [1.54, 1.807) is 6.92 Å². The smallest absolute Gasteiger partial charge is 0.232 e. The molecule has 1 atom stereocenters. The number of hydrogen-bond donors (Lipinski definition) is 2. The third-order valence-corrected chi connectivity index (χ3v) is 7.37. The largest absolute Gasteiger partial charge is 0.359 e. The summed E-state index contributed by atoms with van der Waals surface area (Å²) < 4.78 is 26.8. The standard InChI is InChI=1S/C22H26N2O2S/c1-4-22(12-11-16-13-15(3)9-10-18(16)22)19-14-23-21-17(19)7-6-8-20(21)24-27(25,26)5-2/h6-10,13-14,23-24H,4-5,11-12H2,1-3H3. The fourth-order valence-corrected chi connectivity index (χ4v) is 5.24. The minimum absolute atomic E-state index is 0.0243. The van der Waals surface area contributed by atoms with E-state index >= 15 is 0 Å². The summed E-state index contributed by atoms with van der Waals surface area (Å²) in [4.78, 5) is 3.35. The van der Waals surface area contributed by atoms with Gasteiger partial charge in [0, 0.05) is 17.0 Å². The van der Waals surface area contributed by atoms with Gasteiger partial charge in [0.1, 0.15) is 0 Å². The average Bonchev–Trinajstić information content (AvgIpc) is 3.24. The highest BCUT2D eigenvalue weighted by Gasteiger charge is 2.40. The molecule has 0 spiro atoms. The fraction of sp³-hybridized carbons (Fsp3) is 0.364. The van der Waals surface area contributed by atoms with Gasteiger partial charge < -0.3 is 4.98 Å². The van der Waals surface area contributed by atoms with Crippen LogP contribution in [0.25, 0.3) is 10.9 Å². The number of fused-ring (bicyclic) bond motifs is 2. The molecular formula is C22H26N2O2S. The van der Waals surface area contributed by atoms with Crippen molar-refractivity contribution in [3.05, 3.63) is 64.8 Å². The van der Waals surface area contributed by atoms with Crippen LogP contribution in [0.1, 0.15) is 48.9 Å². The number of anilines is 1. The van der Waals surface area contributed by atoms with Gasteiger partial charge in [-0.15, -0.1) is 0 Å². The van der Waals surface area contributed by atoms with E-state index in [2.05, 4.69) is 54.0 Å². The lowest BCUT2D eigenvalue weighted by Crippen LogP contribution is -2.23. The van der Waals surface area contributed by atoms with E-state index in [1.807, 2.05) is 12.1 Å². The van der Waals surface area contributed by atoms with Crippen LogP contribution in [0.5, 0.6) is 0 Å². The molecule has 4 nitrogen and oxygen atoms in total. The number of aromatic nitrogens is 1. The Labute approximate surface area is 161 Å². The number of para-hydroxylation sites is 1. The van der Waals surface area contributed by atoms with E-state index in [-0.39, 0.29) is 11.2 Å². The number of benzene rings is 2. The molecule has 3 aromatic rings. The first-order valence-corrected chi connectivity index (χ1v) is 11.3. The van der Waals surface area contributed by atoms with Gasteiger partial charge in [0.2, 0.25) is 10.0 Å². The van der Waals surface area contributed by atoms with Gasteiger partial charge in [0.15, 0.2) is 0 Å². The molecule has 142 valence electrons. The van der Waals surface area contributed by atoms with E-state index in [0.717, 1.165) is 30.2 Å². The maximum absolute atomic E-state index is 12.1. The maximum Gasteiger partial charge on any atom is 0.232 e. The summed E-state index contributed by atoms with van der Waals surface area (Å²) in [6, 6.07) is 12.6. The van der Waals surface area contributed by atoms with Crippen LogP contribution in [0, 0.1) is 6.92 Å². The lowest BCUT2D eigenvalue weighted by molar-refractivity contribution is 0.496. The van der Waals surface area contributed by atoms with Crippen molar-refractivity contribution in [1.82, 2.24) is 4.98 Å². The van der Waals surface area contributed by atoms with Gasteiger partial charge in [-0.2, -0.15) is 0 Å². The Bertz CT molecular complexity index is 1110. The third-order valence-electron chi connectivity index (χ3n) is 6.08. The number of sulfonamides is 1. The van der Waals surface area contributed by atoms with Crippen LogP contribution < -0.4 is 4.72 Å². The number of rotatable bonds is 5. The van der Waals surface area contributed by atoms with Crippen molar-refractivity contribution in [2.75, 3.05) is 10.5 Å². The summed E-state index contributed by atoms with van der Waals surface area (Å²) in [6.07, 6.45) is 5.26. The molecule has 2 N–H and O–H groups in total. The van der Waals surface area contributed by atoms with Crippen LogP contribution in [0.15, 0.2) is 42.6 Å². The molecule has 27 heavy (non-hydrogen) atoms. The molecule has 0 saturated carbocycles. The van der Waals surface area contributed by atoms with E-state index in [4.69, 9.17) is 0 Å². The van der Waals surface area contributed by atoms with Crippen molar-refractivity contribution in [2.45, 2.75) is 45.4 Å². The zero-order valence-electron chi connectivity index (χ0n) is 16.1. The minimum Gasteiger partial charge on any atom is -0.359 e. The maximum atomic E-state index is 12.1. The molecule has 0 bridgehead atoms. The molecule has 0 aliphatic heterocycles. The third kappa shape index (κ3) is 2.85. The lowest BCUT2D eigenvalue weighted by Gasteiger charge is -2.29. The second-order valence-electron chi connectivity index (χ2n) is 7.53. The monoisotopic (exact) mass is 382 g/mol. The van der Waals surface area contributed by atoms with Gasteiger partial charge in [-0.05, 0) is 55.9 Å². The molecular weight excluding hydrogens is 356 g/mol. The molecule has 0 amide bonds. The highest BCUT2D eigenvalue weighted by atomic mass is 32.2. The molecule has 1 aliphatic carbocycles. The predicted molar refractivity (Wildman–Crippen MR) is 112 cm³/mol. The van der Waals surface area contributed by atoms with E-state index < -0.39 is 10.0 Å². The van der Waals surface area contributed by atoms with Crippen molar-refractivity contribution >= 4 is 26.6 Å². The Hall–Kier alpha value is -2.27. The van der Waals surface area contributed by atoms with Crippen LogP contribution in [-0.4, -0.2) is 19.2 Å². The topological polar surface area (TPSA) is 62.0 Å². The van der Waals surface area contributed by atoms with Crippen molar-refractivity contribution < 1.29 is 8.42 Å². The first kappa shape index (κ1) is 18.1. The lowest BCUT2D eigenvalue weighted by atomic mass is 9.73. The first-order valence-electron chi connectivity index (χ1n) is 9.61. The number of H-pyrrole nitrogens is 1. The molecule has 0 saturated heterocycles. The van der Waals surface area contributed by atoms with Gasteiger partial charge in [0.05, 0.1) is 17.0 Å². The summed E-state index contributed by atoms with van der Waals surface area (Å²) in [5, 5.41) is 1.10. The van der Waals surface area contributed by atoms with Gasteiger partial charge in [-0.1, -0.05) is 42.8 Å². The Morgan fingerprint density at radius 2 is 1.96 bits per heavy atom. The molecule has 4 rings (SSSR count). The summed E-state index contributed by atoms with van der Waals surface area (Å²) in [5.41, 5.74) is 6.87. The Balaban J connectivity index is 1.88. The van der Waals surface area contributed by atoms with Crippen LogP contribution in [0.2, 0.25) is 0 Å². The number of aryl methyl sites for hydroxylation is 2. The van der Waals surface area contributed by atoms with Crippen LogP contribution in [0.3, 0.4) is 0 Å². The normalized spacial score (nSPS) is 19.4. The quantitative estimate of drug-likeness (QED) is 0.660. The van der Waals surface area contributed by atoms with Crippen LogP contribution in [0.4, 0.5) is 5.69 Å². The summed E-state index contributed by atoms with van der Waals surface area (Å²) in [5.74, 6) is 0.0581. The summed E-state index contributed by atoms with van der Waals surface area (Å²) >= 11 is 0. The van der Waals surface area contributed by atoms with Crippen LogP contribution >= 0.6 is 0 Å². The Morgan fingerprint density at radius 1 is 1.15 bits per heavy atom. The van der Waals surface area contributed by atoms with Crippen molar-refractivity contribution in [3.63, 3.8) is 0 Å². The van der Waals surface area contributed by atoms with Crippen molar-refractivity contribution in [3.8, 4) is 0 Å². The van der Waals surface area contributed by atoms with E-state index in [9.17, 15) is 8.42 Å². The second-order valence-corrected chi connectivity index (χ2v) is 9.54. The average molecular weight is 383 g/mol. The van der Waals surface area contributed by atoms with E-state index in [0.29, 0.717) is 5.69 Å². The number of hydrogen-bond acceptors (Lipinski definition) is 2. The summed E-state index contributed by atoms with van der Waals surface area (Å²) in [7, 11) is -3.32. The van der Waals surface area contributed by atoms with Gasteiger partial charge in [0.25, 0.3) is 0 Å². The van der Waals surface area contributed by atoms with Crippen molar-refractivity contribution in [2.24, 2.45) is 0 Å². The Morgan fingerprint density at radius 3 is 2.70 bits per heavy atom. The molecule has 1 aliphatic rings. The zero-order valence-corrected chi connectivity index (χ0v) is 16.9. The molecule has 2 aromatic carbocycles. The number of aromatic amines is 1. The van der Waals surface area contributed by atoms with Gasteiger partial charge in [-0.25, -0.2) is 8.42 Å². The van der Waals surface area contributed by atoms with Crippen LogP contribution in [-0.2, 0) is 21.9 Å². The highest BCUT2D eigenvalue weighted by molar-refractivity contribution is 7.92. The second kappa shape index (κ2) is 6.41. The molecule has 0 radical (unpaired) electrons. The molecule has 1 unspecified atom stereocenters. The first-order chi connectivity index (χ1) is 12.9. The molecule has 1 heterocycles. The van der Waals surface area contributed by atoms with Gasteiger partial charge in [-0.3, -0.25) is 4.72 Å². The fourth-order valence-electron chi connectivity index (χ4n) is 4.59. The highest BCUT2D eigenvalue weighted by Crippen LogP contribution is 2.49. The zero-order chi connectivity index (χ0) is 19.2. The van der Waals surface area contributed by atoms with E-state index in [1.165, 1.54) is 22.3 Å². The molecule has 5 heteroatoms. The Kier molecular flexibility index (Phi) is 4.30. The minimum atomic E-state index is -3.32.